The number of para-hydroxylation sites is 1. The van der Waals surface area contributed by atoms with Crippen LogP contribution < -0.4 is 11.3 Å². The lowest BCUT2D eigenvalue weighted by atomic mass is 10.0. The largest absolute Gasteiger partial charge is 0.508 e. The summed E-state index contributed by atoms with van der Waals surface area (Å²) in [4.78, 5) is 48.1. The molecule has 3 N–H and O–H groups in total. The standard InChI is InChI=1S/C35H49N8O11P/c1-21(2)42(22(3)4)55(17-9-14-36)54-28-26(19-51-34(45)50-18-23(5)24-10-7-8-11-25(24)43(46)47)52-32(29(28)53-35(48-6)12-15-49-16-13-35)41-20-38-27-30(41)39-33(37)40-31(27)44/h7-8,10-11,20-23,26,28-29,32H,9,12-13,15-19H2,1-6H3,(H3,37,39,40,44)/t23?,26-,28-,29-,32-,55?/m1/s1. The molecule has 0 bridgehead atoms. The highest BCUT2D eigenvalue weighted by atomic mass is 31.2. The third-order valence-corrected chi connectivity index (χ3v) is 12.0. The van der Waals surface area contributed by atoms with Crippen LogP contribution in [-0.4, -0.2) is 111 Å². The van der Waals surface area contributed by atoms with Gasteiger partial charge in [-0.1, -0.05) is 25.1 Å². The molecule has 2 fully saturated rings. The Morgan fingerprint density at radius 1 is 1.20 bits per heavy atom. The Kier molecular flexibility index (Phi) is 14.1. The number of anilines is 1. The van der Waals surface area contributed by atoms with Gasteiger partial charge in [0.05, 0.1) is 30.5 Å². The average Bonchev–Trinajstić information content (AvgIpc) is 3.72. The molecule has 2 aliphatic heterocycles. The van der Waals surface area contributed by atoms with E-state index < -0.39 is 61.2 Å². The zero-order valence-electron chi connectivity index (χ0n) is 31.8. The number of nitrogens with one attached hydrogen (secondary N) is 1. The van der Waals surface area contributed by atoms with Crippen molar-refractivity contribution in [2.24, 2.45) is 0 Å². The van der Waals surface area contributed by atoms with Gasteiger partial charge < -0.3 is 38.7 Å². The number of methoxy groups -OCH3 is 1. The first-order chi connectivity index (χ1) is 26.3. The third-order valence-electron chi connectivity index (χ3n) is 9.44. The molecule has 4 heterocycles. The summed E-state index contributed by atoms with van der Waals surface area (Å²) in [6.45, 7) is 10.1. The topological polar surface area (TPSA) is 241 Å². The van der Waals surface area contributed by atoms with E-state index in [0.717, 1.165) is 0 Å². The van der Waals surface area contributed by atoms with Crippen LogP contribution in [0.25, 0.3) is 11.2 Å². The zero-order chi connectivity index (χ0) is 39.9. The molecule has 0 aliphatic carbocycles. The van der Waals surface area contributed by atoms with Crippen LogP contribution >= 0.6 is 8.30 Å². The van der Waals surface area contributed by atoms with Crippen LogP contribution in [0.15, 0.2) is 35.4 Å². The number of hydrogen-bond acceptors (Lipinski definition) is 16. The van der Waals surface area contributed by atoms with Gasteiger partial charge in [0.15, 0.2) is 23.2 Å². The van der Waals surface area contributed by atoms with Crippen molar-refractivity contribution in [1.29, 1.82) is 5.26 Å². The number of benzene rings is 1. The maximum absolute atomic E-state index is 13.1. The molecule has 2 aliphatic rings. The van der Waals surface area contributed by atoms with Gasteiger partial charge in [0.2, 0.25) is 5.95 Å². The first kappa shape index (κ1) is 41.9. The fourth-order valence-electron chi connectivity index (χ4n) is 6.91. The Morgan fingerprint density at radius 2 is 1.91 bits per heavy atom. The number of ether oxygens (including phenoxy) is 6. The summed E-state index contributed by atoms with van der Waals surface area (Å²) in [5.41, 5.74) is 5.86. The van der Waals surface area contributed by atoms with Crippen LogP contribution in [0.5, 0.6) is 0 Å². The molecule has 2 aromatic heterocycles. The maximum Gasteiger partial charge on any atom is 0.508 e. The minimum absolute atomic E-state index is 0.0136. The smallest absolute Gasteiger partial charge is 0.434 e. The molecular formula is C35H49N8O11P. The SMILES string of the molecule is COC1(O[C@@H]2[C@H](OP(CCC#N)N(C(C)C)C(C)C)[C@@H](COC(=O)OCC(C)c3ccccc3[N+](=O)[O-])O[C@H]2n2cnc3c(=O)[nH]c(N)nc32)CCOCC1. The van der Waals surface area contributed by atoms with Crippen molar-refractivity contribution in [3.8, 4) is 6.07 Å². The molecule has 1 aromatic carbocycles. The Hall–Kier alpha value is -4.28. The second-order valence-electron chi connectivity index (χ2n) is 13.9. The van der Waals surface area contributed by atoms with Gasteiger partial charge in [-0.3, -0.25) is 29.1 Å². The number of nitriles is 1. The molecule has 0 spiro atoms. The van der Waals surface area contributed by atoms with Gasteiger partial charge >= 0.3 is 6.16 Å². The Morgan fingerprint density at radius 3 is 2.56 bits per heavy atom. The van der Waals surface area contributed by atoms with Crippen molar-refractivity contribution in [1.82, 2.24) is 24.2 Å². The molecule has 19 nitrogen and oxygen atoms in total. The average molecular weight is 789 g/mol. The predicted octanol–water partition coefficient (Wildman–Crippen LogP) is 4.73. The summed E-state index contributed by atoms with van der Waals surface area (Å²) < 4.78 is 47.0. The van der Waals surface area contributed by atoms with Gasteiger partial charge in [-0.2, -0.15) is 10.2 Å². The fraction of sp³-hybridized carbons (Fsp3) is 0.629. The summed E-state index contributed by atoms with van der Waals surface area (Å²) >= 11 is 0. The van der Waals surface area contributed by atoms with Crippen molar-refractivity contribution in [3.63, 3.8) is 0 Å². The Labute approximate surface area is 319 Å². The van der Waals surface area contributed by atoms with E-state index in [4.69, 9.17) is 38.7 Å². The van der Waals surface area contributed by atoms with Crippen molar-refractivity contribution < 1.29 is 42.7 Å². The summed E-state index contributed by atoms with van der Waals surface area (Å²) in [7, 11) is 0.0715. The number of aromatic nitrogens is 4. The number of hydrogen-bond donors (Lipinski definition) is 2. The van der Waals surface area contributed by atoms with Crippen LogP contribution in [0, 0.1) is 21.4 Å². The summed E-state index contributed by atoms with van der Waals surface area (Å²) in [6, 6.07) is 8.53. The molecule has 0 saturated carbocycles. The van der Waals surface area contributed by atoms with E-state index in [0.29, 0.717) is 37.8 Å². The van der Waals surface area contributed by atoms with Crippen LogP contribution in [0.3, 0.4) is 0 Å². The lowest BCUT2D eigenvalue weighted by molar-refractivity contribution is -0.385. The van der Waals surface area contributed by atoms with Gasteiger partial charge in [0.1, 0.15) is 39.8 Å². The molecule has 0 amide bonds. The number of fused-ring (bicyclic) bond motifs is 1. The Bertz CT molecular complexity index is 1870. The minimum atomic E-state index is -1.47. The number of nitrogens with zero attached hydrogens (tertiary/aromatic N) is 6. The molecule has 2 saturated heterocycles. The van der Waals surface area contributed by atoms with Crippen molar-refractivity contribution >= 4 is 37.3 Å². The third kappa shape index (κ3) is 9.76. The number of aromatic amines is 1. The molecule has 2 unspecified atom stereocenters. The highest BCUT2D eigenvalue weighted by molar-refractivity contribution is 7.50. The zero-order valence-corrected chi connectivity index (χ0v) is 32.7. The van der Waals surface area contributed by atoms with E-state index in [1.165, 1.54) is 17.0 Å². The molecule has 55 heavy (non-hydrogen) atoms. The number of nitro benzene ring substituents is 1. The van der Waals surface area contributed by atoms with Gasteiger partial charge in [-0.25, -0.2) is 9.78 Å². The van der Waals surface area contributed by atoms with E-state index in [2.05, 4.69) is 25.7 Å². The van der Waals surface area contributed by atoms with Gasteiger partial charge in [-0.15, -0.1) is 0 Å². The van der Waals surface area contributed by atoms with Gasteiger partial charge in [0.25, 0.3) is 11.2 Å². The second kappa shape index (κ2) is 18.6. The minimum Gasteiger partial charge on any atom is -0.434 e. The number of H-pyrrole nitrogens is 1. The van der Waals surface area contributed by atoms with E-state index in [1.807, 2.05) is 27.7 Å². The number of carbonyl (C=O) groups excluding carboxylic acids is 1. The molecule has 20 heteroatoms. The highest BCUT2D eigenvalue weighted by Crippen LogP contribution is 2.51. The quantitative estimate of drug-likeness (QED) is 0.0617. The van der Waals surface area contributed by atoms with Crippen LogP contribution in [0.1, 0.15) is 71.6 Å². The first-order valence-electron chi connectivity index (χ1n) is 18.1. The lowest BCUT2D eigenvalue weighted by Gasteiger charge is -2.42. The number of nitrogens with two attached hydrogens (primary N) is 1. The molecule has 5 rings (SSSR count). The number of nitro groups is 1. The van der Waals surface area contributed by atoms with E-state index in [1.54, 1.807) is 32.2 Å². The summed E-state index contributed by atoms with van der Waals surface area (Å²) in [5.74, 6) is -1.77. The van der Waals surface area contributed by atoms with Gasteiger partial charge in [0, 0.05) is 62.2 Å². The summed E-state index contributed by atoms with van der Waals surface area (Å²) in [5, 5.41) is 21.2. The van der Waals surface area contributed by atoms with Crippen molar-refractivity contribution in [2.75, 3.05) is 45.4 Å². The van der Waals surface area contributed by atoms with E-state index in [9.17, 15) is 25.0 Å². The van der Waals surface area contributed by atoms with Crippen molar-refractivity contribution in [3.05, 3.63) is 56.6 Å². The van der Waals surface area contributed by atoms with Crippen LogP contribution in [0.2, 0.25) is 0 Å². The first-order valence-corrected chi connectivity index (χ1v) is 19.5. The van der Waals surface area contributed by atoms with Crippen molar-refractivity contribution in [2.45, 2.75) is 102 Å². The molecule has 0 radical (unpaired) electrons. The monoisotopic (exact) mass is 788 g/mol. The summed E-state index contributed by atoms with van der Waals surface area (Å²) in [6.07, 6.45) is -2.22. The van der Waals surface area contributed by atoms with Gasteiger partial charge in [-0.05, 0) is 27.7 Å². The van der Waals surface area contributed by atoms with E-state index in [-0.39, 0.29) is 54.5 Å². The van der Waals surface area contributed by atoms with Crippen LogP contribution in [0.4, 0.5) is 16.4 Å². The normalized spacial score (nSPS) is 22.2. The molecule has 3 aromatic rings. The maximum atomic E-state index is 13.1. The number of nitrogen functional groups attached to an aromatic ring is 1. The van der Waals surface area contributed by atoms with E-state index >= 15 is 0 Å². The number of rotatable bonds is 17. The second-order valence-corrected chi connectivity index (χ2v) is 15.7. The fourth-order valence-corrected chi connectivity index (χ4v) is 9.22. The molecule has 300 valence electrons. The molecular weight excluding hydrogens is 739 g/mol. The highest BCUT2D eigenvalue weighted by Gasteiger charge is 2.53. The predicted molar refractivity (Wildman–Crippen MR) is 199 cm³/mol. The number of imidazole rings is 1. The Balaban J connectivity index is 1.50. The van der Waals surface area contributed by atoms with Crippen LogP contribution in [-0.2, 0) is 32.9 Å². The molecule has 6 atom stereocenters. The number of carbonyl (C=O) groups is 1. The lowest BCUT2D eigenvalue weighted by Crippen LogP contribution is -2.49.